The number of aromatic nitrogens is 1. The lowest BCUT2D eigenvalue weighted by molar-refractivity contribution is -0.145. The summed E-state index contributed by atoms with van der Waals surface area (Å²) in [5.74, 6) is -0.242. The smallest absolute Gasteiger partial charge is 0.343 e. The van der Waals surface area contributed by atoms with Crippen molar-refractivity contribution in [3.05, 3.63) is 27.7 Å². The Bertz CT molecular complexity index is 982. The Morgan fingerprint density at radius 3 is 2.60 bits per heavy atom. The lowest BCUT2D eigenvalue weighted by Gasteiger charge is -2.36. The number of methoxy groups -OCH3 is 1. The van der Waals surface area contributed by atoms with Gasteiger partial charge in [0, 0.05) is 56.9 Å². The van der Waals surface area contributed by atoms with Gasteiger partial charge in [-0.15, -0.1) is 0 Å². The van der Waals surface area contributed by atoms with Crippen LogP contribution in [0.4, 0.5) is 0 Å². The number of hydrogen-bond acceptors (Lipinski definition) is 7. The number of rotatable bonds is 6. The number of fused-ring (bicyclic) bond motifs is 1. The number of likely N-dealkylation sites (tertiary alicyclic amines) is 1. The third kappa shape index (κ3) is 6.06. The van der Waals surface area contributed by atoms with E-state index in [0.717, 1.165) is 19.6 Å². The van der Waals surface area contributed by atoms with Gasteiger partial charge >= 0.3 is 5.97 Å². The Balaban J connectivity index is 1.51. The molecule has 2 fully saturated rings. The first kappa shape index (κ1) is 25.7. The maximum absolute atomic E-state index is 13.3. The van der Waals surface area contributed by atoms with E-state index < -0.39 is 5.97 Å². The normalized spacial score (nSPS) is 22.7. The van der Waals surface area contributed by atoms with Gasteiger partial charge in [-0.05, 0) is 52.6 Å². The van der Waals surface area contributed by atoms with Gasteiger partial charge in [0.05, 0.1) is 12.7 Å². The maximum atomic E-state index is 13.3. The molecule has 1 atom stereocenters. The summed E-state index contributed by atoms with van der Waals surface area (Å²) >= 11 is 0. The number of amides is 1. The van der Waals surface area contributed by atoms with E-state index in [2.05, 4.69) is 4.90 Å². The van der Waals surface area contributed by atoms with E-state index in [1.807, 2.05) is 18.7 Å². The second kappa shape index (κ2) is 11.1. The number of ether oxygens (including phenoxy) is 3. The summed E-state index contributed by atoms with van der Waals surface area (Å²) in [7, 11) is 1.33. The fourth-order valence-corrected chi connectivity index (χ4v) is 5.57. The Hall–Kier alpha value is -2.39. The topological polar surface area (TPSA) is 90.3 Å². The zero-order chi connectivity index (χ0) is 25.0. The highest BCUT2D eigenvalue weighted by molar-refractivity contribution is 5.93. The van der Waals surface area contributed by atoms with E-state index in [1.165, 1.54) is 32.4 Å². The SMILES string of the molecule is COC(=O)c1c(OCCN2CCCCC2)cc(=O)n2c1CCN(C(=O)[C@@H]1CCOC(C)(C)C1)CC2. The molecule has 0 aliphatic carbocycles. The van der Waals surface area contributed by atoms with E-state index >= 15 is 0 Å². The van der Waals surface area contributed by atoms with Gasteiger partial charge in [-0.1, -0.05) is 6.42 Å². The van der Waals surface area contributed by atoms with Crippen molar-refractivity contribution >= 4 is 11.9 Å². The van der Waals surface area contributed by atoms with E-state index in [1.54, 1.807) is 4.57 Å². The van der Waals surface area contributed by atoms with Gasteiger partial charge in [-0.3, -0.25) is 14.5 Å². The van der Waals surface area contributed by atoms with Crippen LogP contribution in [0.5, 0.6) is 5.75 Å². The molecule has 0 unspecified atom stereocenters. The van der Waals surface area contributed by atoms with Crippen LogP contribution >= 0.6 is 0 Å². The number of carbonyl (C=O) groups is 2. The van der Waals surface area contributed by atoms with Crippen LogP contribution in [-0.4, -0.2) is 84.9 Å². The van der Waals surface area contributed by atoms with Gasteiger partial charge in [0.1, 0.15) is 17.9 Å². The number of piperidine rings is 1. The van der Waals surface area contributed by atoms with Crippen LogP contribution in [0.15, 0.2) is 10.9 Å². The monoisotopic (exact) mass is 489 g/mol. The van der Waals surface area contributed by atoms with Crippen molar-refractivity contribution in [2.24, 2.45) is 5.92 Å². The Kier molecular flexibility index (Phi) is 8.16. The van der Waals surface area contributed by atoms with Gasteiger partial charge in [-0.25, -0.2) is 4.79 Å². The molecule has 1 aromatic rings. The summed E-state index contributed by atoms with van der Waals surface area (Å²) in [4.78, 5) is 43.3. The standard InChI is InChI=1S/C26H39N3O6/c1-26(2)18-19(8-15-35-26)24(31)28-11-7-20-23(25(32)33-3)21(17-22(30)29(20)13-12-28)34-16-14-27-9-5-4-6-10-27/h17,19H,4-16,18H2,1-3H3/t19-/m1/s1. The minimum absolute atomic E-state index is 0.0922. The third-order valence-corrected chi connectivity index (χ3v) is 7.45. The molecule has 9 nitrogen and oxygen atoms in total. The molecular weight excluding hydrogens is 450 g/mol. The predicted octanol–water partition coefficient (Wildman–Crippen LogP) is 2.09. The van der Waals surface area contributed by atoms with E-state index in [0.29, 0.717) is 63.4 Å². The van der Waals surface area contributed by atoms with Crippen LogP contribution in [0.3, 0.4) is 0 Å². The molecule has 3 aliphatic heterocycles. The van der Waals surface area contributed by atoms with Crippen molar-refractivity contribution in [1.29, 1.82) is 0 Å². The number of esters is 1. The first-order valence-electron chi connectivity index (χ1n) is 12.9. The summed E-state index contributed by atoms with van der Waals surface area (Å²) in [6.45, 7) is 9.06. The highest BCUT2D eigenvalue weighted by Gasteiger charge is 2.36. The molecule has 3 aliphatic rings. The second-order valence-corrected chi connectivity index (χ2v) is 10.4. The summed E-state index contributed by atoms with van der Waals surface area (Å²) in [5, 5.41) is 0. The molecule has 0 aromatic carbocycles. The maximum Gasteiger partial charge on any atom is 0.343 e. The average Bonchev–Trinajstić information content (AvgIpc) is 3.07. The van der Waals surface area contributed by atoms with Crippen LogP contribution in [0, 0.1) is 5.92 Å². The van der Waals surface area contributed by atoms with Crippen molar-refractivity contribution in [2.45, 2.75) is 64.5 Å². The van der Waals surface area contributed by atoms with E-state index in [4.69, 9.17) is 14.2 Å². The third-order valence-electron chi connectivity index (χ3n) is 7.45. The van der Waals surface area contributed by atoms with Gasteiger partial charge in [0.25, 0.3) is 5.56 Å². The Morgan fingerprint density at radius 2 is 1.89 bits per heavy atom. The van der Waals surface area contributed by atoms with E-state index in [9.17, 15) is 14.4 Å². The van der Waals surface area contributed by atoms with Gasteiger partial charge in [0.15, 0.2) is 0 Å². The van der Waals surface area contributed by atoms with Crippen LogP contribution in [-0.2, 0) is 27.2 Å². The molecule has 0 bridgehead atoms. The molecule has 4 heterocycles. The van der Waals surface area contributed by atoms with Crippen molar-refractivity contribution in [3.8, 4) is 5.75 Å². The van der Waals surface area contributed by atoms with Gasteiger partial charge in [0.2, 0.25) is 5.91 Å². The molecule has 2 saturated heterocycles. The molecule has 1 amide bonds. The summed E-state index contributed by atoms with van der Waals surface area (Å²) in [6, 6.07) is 1.39. The molecule has 35 heavy (non-hydrogen) atoms. The van der Waals surface area contributed by atoms with E-state index in [-0.39, 0.29) is 28.7 Å². The minimum atomic E-state index is -0.521. The molecule has 0 N–H and O–H groups in total. The summed E-state index contributed by atoms with van der Waals surface area (Å²) < 4.78 is 18.4. The number of hydrogen-bond donors (Lipinski definition) is 0. The first-order valence-corrected chi connectivity index (χ1v) is 12.9. The second-order valence-electron chi connectivity index (χ2n) is 10.4. The van der Waals surface area contributed by atoms with Crippen molar-refractivity contribution in [2.75, 3.05) is 53.0 Å². The number of carbonyl (C=O) groups excluding carboxylic acids is 2. The molecule has 0 spiro atoms. The van der Waals surface area contributed by atoms with Gasteiger partial charge < -0.3 is 23.7 Å². The molecule has 0 radical (unpaired) electrons. The zero-order valence-corrected chi connectivity index (χ0v) is 21.3. The summed E-state index contributed by atoms with van der Waals surface area (Å²) in [6.07, 6.45) is 5.41. The molecule has 4 rings (SSSR count). The fourth-order valence-electron chi connectivity index (χ4n) is 5.57. The first-order chi connectivity index (χ1) is 16.8. The molecule has 0 saturated carbocycles. The Morgan fingerprint density at radius 1 is 1.11 bits per heavy atom. The number of pyridine rings is 1. The van der Waals surface area contributed by atoms with Gasteiger partial charge in [-0.2, -0.15) is 0 Å². The molecule has 194 valence electrons. The van der Waals surface area contributed by atoms with Crippen LogP contribution < -0.4 is 10.3 Å². The average molecular weight is 490 g/mol. The van der Waals surface area contributed by atoms with Crippen molar-refractivity contribution in [3.63, 3.8) is 0 Å². The Labute approximate surface area is 207 Å². The van der Waals surface area contributed by atoms with Crippen LogP contribution in [0.2, 0.25) is 0 Å². The largest absolute Gasteiger partial charge is 0.491 e. The lowest BCUT2D eigenvalue weighted by atomic mass is 9.87. The highest BCUT2D eigenvalue weighted by atomic mass is 16.5. The van der Waals surface area contributed by atoms with Crippen molar-refractivity contribution in [1.82, 2.24) is 14.4 Å². The predicted molar refractivity (Wildman–Crippen MR) is 131 cm³/mol. The number of nitrogens with zero attached hydrogens (tertiary/aromatic N) is 3. The zero-order valence-electron chi connectivity index (χ0n) is 21.3. The molecule has 1 aromatic heterocycles. The lowest BCUT2D eigenvalue weighted by Crippen LogP contribution is -2.44. The highest BCUT2D eigenvalue weighted by Crippen LogP contribution is 2.31. The van der Waals surface area contributed by atoms with Crippen LogP contribution in [0.1, 0.15) is 62.0 Å². The van der Waals surface area contributed by atoms with Crippen LogP contribution in [0.25, 0.3) is 0 Å². The fraction of sp³-hybridized carbons (Fsp3) is 0.731. The quantitative estimate of drug-likeness (QED) is 0.565. The summed E-state index contributed by atoms with van der Waals surface area (Å²) in [5.41, 5.74) is 0.345. The molecular formula is C26H39N3O6. The minimum Gasteiger partial charge on any atom is -0.491 e. The van der Waals surface area contributed by atoms with Crippen molar-refractivity contribution < 1.29 is 23.8 Å². The molecule has 9 heteroatoms.